The van der Waals surface area contributed by atoms with Gasteiger partial charge in [0.05, 0.1) is 19.3 Å². The maximum atomic E-state index is 11.9. The van der Waals surface area contributed by atoms with Crippen LogP contribution in [0.2, 0.25) is 0 Å². The number of anilines is 1. The van der Waals surface area contributed by atoms with Crippen molar-refractivity contribution in [1.82, 2.24) is 14.5 Å². The van der Waals surface area contributed by atoms with E-state index in [1.54, 1.807) is 6.07 Å². The van der Waals surface area contributed by atoms with Crippen LogP contribution in [0.1, 0.15) is 0 Å². The summed E-state index contributed by atoms with van der Waals surface area (Å²) < 4.78 is 16.9. The Labute approximate surface area is 133 Å². The Kier molecular flexibility index (Phi) is 7.83. The van der Waals surface area contributed by atoms with Crippen molar-refractivity contribution in [1.29, 1.82) is 0 Å². The predicted octanol–water partition coefficient (Wildman–Crippen LogP) is -1.27. The molecule has 1 aromatic rings. The lowest BCUT2D eigenvalue weighted by molar-refractivity contribution is 0.0188. The standard InChI is InChI=1S/C12H23N4O6P/c1-15(2)6-4-13-11-3-5-16(12(18)14-11)7-10(8-17)22-9-23(19,20)21/h3,5,10,17H,4,6-9H2,1-2H3,(H,13,14,18)(H2,19,20,21)/t10-/m0/s1. The van der Waals surface area contributed by atoms with E-state index < -0.39 is 32.3 Å². The van der Waals surface area contributed by atoms with Gasteiger partial charge in [-0.1, -0.05) is 0 Å². The second kappa shape index (κ2) is 9.11. The number of aliphatic hydroxyl groups is 1. The van der Waals surface area contributed by atoms with E-state index in [1.807, 2.05) is 19.0 Å². The third-order valence-electron chi connectivity index (χ3n) is 2.82. The Morgan fingerprint density at radius 1 is 1.48 bits per heavy atom. The zero-order chi connectivity index (χ0) is 17.5. The molecule has 23 heavy (non-hydrogen) atoms. The van der Waals surface area contributed by atoms with Crippen molar-refractivity contribution >= 4 is 13.4 Å². The van der Waals surface area contributed by atoms with Crippen LogP contribution in [0.4, 0.5) is 5.82 Å². The number of likely N-dealkylation sites (N-methyl/N-ethyl adjacent to an activating group) is 1. The zero-order valence-electron chi connectivity index (χ0n) is 13.1. The van der Waals surface area contributed by atoms with Crippen molar-refractivity contribution in [3.8, 4) is 0 Å². The van der Waals surface area contributed by atoms with Gasteiger partial charge >= 0.3 is 13.3 Å². The molecule has 0 unspecified atom stereocenters. The average Bonchev–Trinajstić information content (AvgIpc) is 2.44. The lowest BCUT2D eigenvalue weighted by Crippen LogP contribution is -2.32. The SMILES string of the molecule is CN(C)CCNc1ccn(C[C@@H](CO)OCP(=O)(O)O)c(=O)n1. The first-order valence-electron chi connectivity index (χ1n) is 6.94. The van der Waals surface area contributed by atoms with Crippen LogP contribution in [0.5, 0.6) is 0 Å². The van der Waals surface area contributed by atoms with Crippen LogP contribution in [0, 0.1) is 0 Å². The quantitative estimate of drug-likeness (QED) is 0.381. The fourth-order valence-corrected chi connectivity index (χ4v) is 2.06. The largest absolute Gasteiger partial charge is 0.394 e. The van der Waals surface area contributed by atoms with E-state index in [-0.39, 0.29) is 6.54 Å². The summed E-state index contributed by atoms with van der Waals surface area (Å²) in [7, 11) is -0.468. The van der Waals surface area contributed by atoms with Crippen molar-refractivity contribution < 1.29 is 24.2 Å². The van der Waals surface area contributed by atoms with Gasteiger partial charge < -0.3 is 29.8 Å². The van der Waals surface area contributed by atoms with Crippen LogP contribution in [0.15, 0.2) is 17.1 Å². The molecule has 0 bridgehead atoms. The molecule has 0 aliphatic carbocycles. The van der Waals surface area contributed by atoms with E-state index in [2.05, 4.69) is 10.3 Å². The Morgan fingerprint density at radius 3 is 2.70 bits per heavy atom. The van der Waals surface area contributed by atoms with E-state index in [4.69, 9.17) is 19.6 Å². The number of rotatable bonds is 10. The van der Waals surface area contributed by atoms with Crippen molar-refractivity contribution in [3.63, 3.8) is 0 Å². The molecule has 0 aliphatic heterocycles. The van der Waals surface area contributed by atoms with Crippen LogP contribution in [0.25, 0.3) is 0 Å². The molecule has 0 aliphatic rings. The highest BCUT2D eigenvalue weighted by Gasteiger charge is 2.18. The Hall–Kier alpha value is -1.29. The van der Waals surface area contributed by atoms with Crippen LogP contribution >= 0.6 is 7.60 Å². The summed E-state index contributed by atoms with van der Waals surface area (Å²) in [6.45, 7) is 0.886. The second-order valence-corrected chi connectivity index (χ2v) is 6.83. The topological polar surface area (TPSA) is 137 Å². The molecule has 0 saturated heterocycles. The molecule has 0 aromatic carbocycles. The first kappa shape index (κ1) is 19.8. The van der Waals surface area contributed by atoms with Crippen LogP contribution in [-0.4, -0.2) is 75.6 Å². The number of aliphatic hydroxyl groups excluding tert-OH is 1. The molecule has 0 amide bonds. The van der Waals surface area contributed by atoms with Crippen LogP contribution in [0.3, 0.4) is 0 Å². The van der Waals surface area contributed by atoms with Crippen molar-refractivity contribution in [2.75, 3.05) is 45.5 Å². The fourth-order valence-electron chi connectivity index (χ4n) is 1.66. The minimum absolute atomic E-state index is 0.0552. The highest BCUT2D eigenvalue weighted by Crippen LogP contribution is 2.34. The number of ether oxygens (including phenoxy) is 1. The van der Waals surface area contributed by atoms with Gasteiger partial charge in [0.2, 0.25) is 0 Å². The number of nitrogens with zero attached hydrogens (tertiary/aromatic N) is 3. The van der Waals surface area contributed by atoms with Gasteiger partial charge in [-0.05, 0) is 20.2 Å². The summed E-state index contributed by atoms with van der Waals surface area (Å²) in [5.41, 5.74) is -0.543. The van der Waals surface area contributed by atoms with Gasteiger partial charge in [-0.25, -0.2) is 4.79 Å². The van der Waals surface area contributed by atoms with Crippen LogP contribution in [-0.2, 0) is 15.8 Å². The van der Waals surface area contributed by atoms with Gasteiger partial charge in [-0.15, -0.1) is 0 Å². The molecule has 0 radical (unpaired) electrons. The molecule has 0 saturated carbocycles. The Bertz CT molecular complexity index is 587. The number of hydrogen-bond acceptors (Lipinski definition) is 7. The fraction of sp³-hybridized carbons (Fsp3) is 0.667. The summed E-state index contributed by atoms with van der Waals surface area (Å²) >= 11 is 0. The average molecular weight is 350 g/mol. The minimum atomic E-state index is -4.33. The summed E-state index contributed by atoms with van der Waals surface area (Å²) in [6.07, 6.45) is -0.240. The van der Waals surface area contributed by atoms with Gasteiger partial charge in [0.25, 0.3) is 0 Å². The molecule has 0 fully saturated rings. The molecule has 0 spiro atoms. The lowest BCUT2D eigenvalue weighted by Gasteiger charge is -2.17. The second-order valence-electron chi connectivity index (χ2n) is 5.24. The maximum Gasteiger partial charge on any atom is 0.350 e. The van der Waals surface area contributed by atoms with E-state index in [9.17, 15) is 9.36 Å². The summed E-state index contributed by atoms with van der Waals surface area (Å²) in [5.74, 6) is 0.435. The third-order valence-corrected chi connectivity index (χ3v) is 3.31. The number of nitrogens with one attached hydrogen (secondary N) is 1. The molecule has 1 atom stereocenters. The zero-order valence-corrected chi connectivity index (χ0v) is 14.0. The van der Waals surface area contributed by atoms with Crippen molar-refractivity contribution in [2.24, 2.45) is 0 Å². The Morgan fingerprint density at radius 2 is 2.17 bits per heavy atom. The molecular formula is C12H23N4O6P. The van der Waals surface area contributed by atoms with Gasteiger partial charge in [-0.3, -0.25) is 9.13 Å². The molecule has 132 valence electrons. The van der Waals surface area contributed by atoms with E-state index in [0.717, 1.165) is 6.54 Å². The third kappa shape index (κ3) is 8.21. The van der Waals surface area contributed by atoms with E-state index in [0.29, 0.717) is 12.4 Å². The summed E-state index contributed by atoms with van der Waals surface area (Å²) in [5, 5.41) is 12.2. The van der Waals surface area contributed by atoms with Crippen LogP contribution < -0.4 is 11.0 Å². The molecule has 1 heterocycles. The van der Waals surface area contributed by atoms with Crippen molar-refractivity contribution in [2.45, 2.75) is 12.6 Å². The van der Waals surface area contributed by atoms with Gasteiger partial charge in [0.15, 0.2) is 0 Å². The number of hydrogen-bond donors (Lipinski definition) is 4. The smallest absolute Gasteiger partial charge is 0.350 e. The highest BCUT2D eigenvalue weighted by molar-refractivity contribution is 7.51. The first-order valence-corrected chi connectivity index (χ1v) is 8.74. The molecule has 1 rings (SSSR count). The number of aromatic nitrogens is 2. The van der Waals surface area contributed by atoms with Gasteiger partial charge in [-0.2, -0.15) is 4.98 Å². The molecule has 11 heteroatoms. The molecule has 4 N–H and O–H groups in total. The molecular weight excluding hydrogens is 327 g/mol. The first-order chi connectivity index (χ1) is 10.7. The highest BCUT2D eigenvalue weighted by atomic mass is 31.2. The monoisotopic (exact) mass is 350 g/mol. The maximum absolute atomic E-state index is 11.9. The van der Waals surface area contributed by atoms with Gasteiger partial charge in [0.1, 0.15) is 12.2 Å². The van der Waals surface area contributed by atoms with Gasteiger partial charge in [0, 0.05) is 19.3 Å². The molecule has 10 nitrogen and oxygen atoms in total. The summed E-state index contributed by atoms with van der Waals surface area (Å²) in [6, 6.07) is 1.61. The normalized spacial score (nSPS) is 13.3. The lowest BCUT2D eigenvalue weighted by atomic mass is 10.3. The summed E-state index contributed by atoms with van der Waals surface area (Å²) in [4.78, 5) is 35.2. The van der Waals surface area contributed by atoms with E-state index >= 15 is 0 Å². The minimum Gasteiger partial charge on any atom is -0.394 e. The van der Waals surface area contributed by atoms with Crippen molar-refractivity contribution in [3.05, 3.63) is 22.7 Å². The predicted molar refractivity (Wildman–Crippen MR) is 84.4 cm³/mol. The van der Waals surface area contributed by atoms with E-state index in [1.165, 1.54) is 10.8 Å². The molecule has 1 aromatic heterocycles. The Balaban J connectivity index is 2.62.